The van der Waals surface area contributed by atoms with Crippen molar-refractivity contribution in [2.45, 2.75) is 31.4 Å². The Bertz CT molecular complexity index is 1020. The Kier molecular flexibility index (Phi) is 6.24. The first-order valence-electron chi connectivity index (χ1n) is 9.11. The van der Waals surface area contributed by atoms with Crippen molar-refractivity contribution in [1.29, 1.82) is 0 Å². The molecule has 0 aromatic heterocycles. The number of fused-ring (bicyclic) bond motifs is 1. The number of halogens is 6. The number of rotatable bonds is 5. The van der Waals surface area contributed by atoms with Crippen LogP contribution in [0.15, 0.2) is 36.4 Å². The van der Waals surface area contributed by atoms with Gasteiger partial charge in [-0.25, -0.2) is 0 Å². The lowest BCUT2D eigenvalue weighted by atomic mass is 10.1. The average molecular weight is 462 g/mol. The smallest absolute Gasteiger partial charge is 0.422 e. The van der Waals surface area contributed by atoms with E-state index in [4.69, 9.17) is 4.74 Å². The summed E-state index contributed by atoms with van der Waals surface area (Å²) in [5, 5.41) is 4.78. The highest BCUT2D eigenvalue weighted by molar-refractivity contribution is 5.94. The number of methoxy groups -OCH3 is 1. The van der Waals surface area contributed by atoms with Crippen LogP contribution >= 0.6 is 0 Å². The van der Waals surface area contributed by atoms with Gasteiger partial charge in [0.15, 0.2) is 12.0 Å². The summed E-state index contributed by atoms with van der Waals surface area (Å²) in [7, 11) is 1.11. The SMILES string of the molecule is COC(=O)CCC(=O)Nc1ccc2c(c1C(F)(F)F)OC(c1ccc(C(F)(F)F)cc1)N2. The van der Waals surface area contributed by atoms with Crippen molar-refractivity contribution in [2.24, 2.45) is 0 Å². The van der Waals surface area contributed by atoms with Crippen molar-refractivity contribution in [3.8, 4) is 5.75 Å². The normalized spacial score (nSPS) is 15.4. The highest BCUT2D eigenvalue weighted by Gasteiger charge is 2.42. The zero-order chi connectivity index (χ0) is 23.7. The maximum Gasteiger partial charge on any atom is 0.422 e. The minimum absolute atomic E-state index is 0.0465. The van der Waals surface area contributed by atoms with Gasteiger partial charge in [-0.1, -0.05) is 12.1 Å². The number of nitrogens with one attached hydrogen (secondary N) is 2. The molecule has 172 valence electrons. The average Bonchev–Trinajstić information content (AvgIpc) is 3.14. The molecular weight excluding hydrogens is 446 g/mol. The molecule has 3 rings (SSSR count). The minimum Gasteiger partial charge on any atom is -0.469 e. The third-order valence-corrected chi connectivity index (χ3v) is 4.56. The molecule has 1 heterocycles. The number of anilines is 2. The van der Waals surface area contributed by atoms with Crippen LogP contribution in [0.4, 0.5) is 37.7 Å². The van der Waals surface area contributed by atoms with Crippen LogP contribution in [-0.2, 0) is 26.7 Å². The third kappa shape index (κ3) is 5.06. The number of esters is 1. The molecule has 2 N–H and O–H groups in total. The first-order valence-corrected chi connectivity index (χ1v) is 9.11. The monoisotopic (exact) mass is 462 g/mol. The second-order valence-electron chi connectivity index (χ2n) is 6.75. The zero-order valence-corrected chi connectivity index (χ0v) is 16.4. The van der Waals surface area contributed by atoms with Gasteiger partial charge in [0.05, 0.1) is 30.5 Å². The van der Waals surface area contributed by atoms with Crippen LogP contribution in [0, 0.1) is 0 Å². The Morgan fingerprint density at radius 2 is 1.66 bits per heavy atom. The Morgan fingerprint density at radius 3 is 2.22 bits per heavy atom. The van der Waals surface area contributed by atoms with Crippen LogP contribution in [0.5, 0.6) is 5.75 Å². The number of hydrogen-bond acceptors (Lipinski definition) is 5. The van der Waals surface area contributed by atoms with Gasteiger partial charge < -0.3 is 20.1 Å². The van der Waals surface area contributed by atoms with E-state index in [0.717, 1.165) is 37.4 Å². The van der Waals surface area contributed by atoms with Crippen molar-refractivity contribution in [3.63, 3.8) is 0 Å². The van der Waals surface area contributed by atoms with Crippen LogP contribution in [0.3, 0.4) is 0 Å². The molecule has 1 aliphatic rings. The topological polar surface area (TPSA) is 76.7 Å². The number of hydrogen-bond donors (Lipinski definition) is 2. The fourth-order valence-corrected chi connectivity index (χ4v) is 3.02. The van der Waals surface area contributed by atoms with Crippen molar-refractivity contribution < 1.29 is 45.4 Å². The molecule has 32 heavy (non-hydrogen) atoms. The molecule has 0 saturated carbocycles. The van der Waals surface area contributed by atoms with Crippen LogP contribution in [0.1, 0.15) is 35.8 Å². The first-order chi connectivity index (χ1) is 14.9. The zero-order valence-electron chi connectivity index (χ0n) is 16.4. The van der Waals surface area contributed by atoms with Gasteiger partial charge in [0.2, 0.25) is 5.91 Å². The molecule has 1 unspecified atom stereocenters. The van der Waals surface area contributed by atoms with Gasteiger partial charge in [-0.3, -0.25) is 9.59 Å². The number of ether oxygens (including phenoxy) is 2. The van der Waals surface area contributed by atoms with Crippen molar-refractivity contribution >= 4 is 23.3 Å². The van der Waals surface area contributed by atoms with Crippen molar-refractivity contribution in [2.75, 3.05) is 17.7 Å². The molecule has 12 heteroatoms. The van der Waals surface area contributed by atoms with E-state index in [1.807, 2.05) is 0 Å². The minimum atomic E-state index is -4.92. The summed E-state index contributed by atoms with van der Waals surface area (Å²) in [6.45, 7) is 0. The molecule has 6 nitrogen and oxygen atoms in total. The van der Waals surface area contributed by atoms with E-state index in [9.17, 15) is 35.9 Å². The molecule has 1 atom stereocenters. The first kappa shape index (κ1) is 23.2. The van der Waals surface area contributed by atoms with Gasteiger partial charge in [-0.15, -0.1) is 0 Å². The second kappa shape index (κ2) is 8.60. The number of carbonyl (C=O) groups excluding carboxylic acids is 2. The highest BCUT2D eigenvalue weighted by atomic mass is 19.4. The molecule has 1 amide bonds. The van der Waals surface area contributed by atoms with Gasteiger partial charge in [0.1, 0.15) is 5.56 Å². The number of carbonyl (C=O) groups is 2. The van der Waals surface area contributed by atoms with Gasteiger partial charge >= 0.3 is 18.3 Å². The molecule has 0 aliphatic carbocycles. The highest BCUT2D eigenvalue weighted by Crippen LogP contribution is 2.50. The predicted molar refractivity (Wildman–Crippen MR) is 99.8 cm³/mol. The summed E-state index contributed by atoms with van der Waals surface area (Å²) in [6.07, 6.45) is -11.4. The number of alkyl halides is 6. The summed E-state index contributed by atoms with van der Waals surface area (Å²) in [5.74, 6) is -2.14. The van der Waals surface area contributed by atoms with Crippen LogP contribution in [0.25, 0.3) is 0 Å². The van der Waals surface area contributed by atoms with E-state index in [-0.39, 0.29) is 17.7 Å². The lowest BCUT2D eigenvalue weighted by molar-refractivity contribution is -0.142. The Morgan fingerprint density at radius 1 is 1.00 bits per heavy atom. The fourth-order valence-electron chi connectivity index (χ4n) is 3.02. The lowest BCUT2D eigenvalue weighted by Gasteiger charge is -2.17. The number of amides is 1. The fraction of sp³-hybridized carbons (Fsp3) is 0.300. The Balaban J connectivity index is 1.85. The van der Waals surface area contributed by atoms with Crippen LogP contribution in [0.2, 0.25) is 0 Å². The van der Waals surface area contributed by atoms with Crippen LogP contribution < -0.4 is 15.4 Å². The summed E-state index contributed by atoms with van der Waals surface area (Å²) in [6, 6.07) is 6.03. The third-order valence-electron chi connectivity index (χ3n) is 4.56. The summed E-state index contributed by atoms with van der Waals surface area (Å²) in [5.41, 5.74) is -2.63. The van der Waals surface area contributed by atoms with E-state index in [0.29, 0.717) is 0 Å². The lowest BCUT2D eigenvalue weighted by Crippen LogP contribution is -2.18. The summed E-state index contributed by atoms with van der Waals surface area (Å²) < 4.78 is 89.3. The molecule has 2 aromatic rings. The largest absolute Gasteiger partial charge is 0.469 e. The maximum atomic E-state index is 13.8. The van der Waals surface area contributed by atoms with Crippen molar-refractivity contribution in [1.82, 2.24) is 0 Å². The van der Waals surface area contributed by atoms with E-state index in [1.165, 1.54) is 6.07 Å². The van der Waals surface area contributed by atoms with E-state index in [2.05, 4.69) is 15.4 Å². The van der Waals surface area contributed by atoms with Crippen LogP contribution in [-0.4, -0.2) is 19.0 Å². The molecule has 0 radical (unpaired) electrons. The number of benzene rings is 2. The van der Waals surface area contributed by atoms with Gasteiger partial charge in [0.25, 0.3) is 0 Å². The second-order valence-corrected chi connectivity index (χ2v) is 6.75. The maximum absolute atomic E-state index is 13.8. The predicted octanol–water partition coefficient (Wildman–Crippen LogP) is 5.12. The molecule has 0 fully saturated rings. The van der Waals surface area contributed by atoms with Gasteiger partial charge in [-0.2, -0.15) is 26.3 Å². The van der Waals surface area contributed by atoms with E-state index < -0.39 is 59.4 Å². The Hall–Kier alpha value is -3.44. The van der Waals surface area contributed by atoms with Crippen molar-refractivity contribution in [3.05, 3.63) is 53.1 Å². The molecule has 1 aliphatic heterocycles. The van der Waals surface area contributed by atoms with Gasteiger partial charge in [-0.05, 0) is 24.3 Å². The molecular formula is C20H16F6N2O4. The standard InChI is InChI=1S/C20H16F6N2O4/c1-31-15(30)9-8-14(29)27-12-6-7-13-17(16(12)20(24,25)26)32-18(28-13)10-2-4-11(5-3-10)19(21,22)23/h2-7,18,28H,8-9H2,1H3,(H,27,29). The molecule has 0 spiro atoms. The van der Waals surface area contributed by atoms with Gasteiger partial charge in [0, 0.05) is 12.0 Å². The Labute approximate surface area is 177 Å². The molecule has 0 saturated heterocycles. The molecule has 2 aromatic carbocycles. The molecule has 0 bridgehead atoms. The van der Waals surface area contributed by atoms with E-state index >= 15 is 0 Å². The van der Waals surface area contributed by atoms with E-state index in [1.54, 1.807) is 0 Å². The quantitative estimate of drug-likeness (QED) is 0.477. The summed E-state index contributed by atoms with van der Waals surface area (Å²) >= 11 is 0. The summed E-state index contributed by atoms with van der Waals surface area (Å²) in [4.78, 5) is 23.1.